The van der Waals surface area contributed by atoms with Crippen LogP contribution in [0.2, 0.25) is 0 Å². The number of hydrogen-bond acceptors (Lipinski definition) is 5. The minimum atomic E-state index is -3.95. The van der Waals surface area contributed by atoms with Crippen LogP contribution in [0.1, 0.15) is 23.6 Å². The lowest BCUT2D eigenvalue weighted by molar-refractivity contribution is 0.327. The minimum Gasteiger partial charge on any atom is -0.490 e. The number of benzene rings is 3. The van der Waals surface area contributed by atoms with Gasteiger partial charge in [0.25, 0.3) is 0 Å². The Hall–Kier alpha value is -3.12. The van der Waals surface area contributed by atoms with Crippen LogP contribution in [0.4, 0.5) is 5.69 Å². The van der Waals surface area contributed by atoms with Crippen LogP contribution in [0.25, 0.3) is 0 Å². The summed E-state index contributed by atoms with van der Waals surface area (Å²) in [7, 11) is -3.95. The zero-order chi connectivity index (χ0) is 20.9. The molecule has 0 radical (unpaired) electrons. The van der Waals surface area contributed by atoms with Crippen molar-refractivity contribution in [1.82, 2.24) is 0 Å². The van der Waals surface area contributed by atoms with Gasteiger partial charge in [0.2, 0.25) is 0 Å². The van der Waals surface area contributed by atoms with Crippen molar-refractivity contribution in [3.05, 3.63) is 83.4 Å². The first kappa shape index (κ1) is 20.6. The quantitative estimate of drug-likeness (QED) is 0.396. The van der Waals surface area contributed by atoms with Crippen molar-refractivity contribution in [3.63, 3.8) is 0 Å². The van der Waals surface area contributed by atoms with Gasteiger partial charge in [-0.25, -0.2) is 0 Å². The maximum Gasteiger partial charge on any atom is 0.339 e. The third kappa shape index (κ3) is 5.03. The molecule has 0 bridgehead atoms. The van der Waals surface area contributed by atoms with Gasteiger partial charge in [-0.15, -0.1) is 0 Å². The summed E-state index contributed by atoms with van der Waals surface area (Å²) in [6, 6.07) is 19.0. The van der Waals surface area contributed by atoms with Crippen molar-refractivity contribution in [2.45, 2.75) is 25.7 Å². The maximum absolute atomic E-state index is 12.5. The highest BCUT2D eigenvalue weighted by Crippen LogP contribution is 2.31. The van der Waals surface area contributed by atoms with E-state index >= 15 is 0 Å². The zero-order valence-electron chi connectivity index (χ0n) is 16.6. The number of aryl methyl sites for hydroxylation is 1. The number of nitrogens with zero attached hydrogens (tertiary/aromatic N) is 1. The second-order valence-electron chi connectivity index (χ2n) is 6.47. The molecule has 0 heterocycles. The van der Waals surface area contributed by atoms with E-state index in [1.165, 1.54) is 17.7 Å². The summed E-state index contributed by atoms with van der Waals surface area (Å²) >= 11 is 0. The summed E-state index contributed by atoms with van der Waals surface area (Å²) in [5.41, 5.74) is 3.95. The second kappa shape index (κ2) is 8.92. The van der Waals surface area contributed by atoms with Crippen LogP contribution in [0, 0.1) is 13.8 Å². The molecular formula is C23H23NO4S. The first-order valence-electron chi connectivity index (χ1n) is 9.27. The topological polar surface area (TPSA) is 65.0 Å². The molecule has 0 aliphatic carbocycles. The Morgan fingerprint density at radius 2 is 1.69 bits per heavy atom. The number of aliphatic imine (C=N–C) groups is 1. The fraction of sp³-hybridized carbons (Fsp3) is 0.174. The van der Waals surface area contributed by atoms with Crippen molar-refractivity contribution in [2.75, 3.05) is 6.61 Å². The summed E-state index contributed by atoms with van der Waals surface area (Å²) in [5, 5.41) is 0. The molecular weight excluding hydrogens is 386 g/mol. The predicted octanol–water partition coefficient (Wildman–Crippen LogP) is 5.22. The monoisotopic (exact) mass is 409 g/mol. The molecule has 0 aliphatic rings. The zero-order valence-corrected chi connectivity index (χ0v) is 17.4. The van der Waals surface area contributed by atoms with Gasteiger partial charge >= 0.3 is 10.1 Å². The molecule has 0 fully saturated rings. The van der Waals surface area contributed by atoms with E-state index in [0.29, 0.717) is 12.4 Å². The van der Waals surface area contributed by atoms with Gasteiger partial charge < -0.3 is 8.92 Å². The molecule has 0 unspecified atom stereocenters. The van der Waals surface area contributed by atoms with E-state index in [9.17, 15) is 8.42 Å². The third-order valence-electron chi connectivity index (χ3n) is 4.43. The summed E-state index contributed by atoms with van der Waals surface area (Å²) < 4.78 is 36.0. The van der Waals surface area contributed by atoms with Crippen LogP contribution in [0.3, 0.4) is 0 Å². The van der Waals surface area contributed by atoms with Crippen molar-refractivity contribution in [3.8, 4) is 11.5 Å². The Labute approximate surface area is 171 Å². The molecule has 0 atom stereocenters. The summed E-state index contributed by atoms with van der Waals surface area (Å²) in [4.78, 5) is 4.64. The molecule has 150 valence electrons. The molecule has 0 amide bonds. The molecule has 3 aromatic carbocycles. The van der Waals surface area contributed by atoms with Crippen LogP contribution in [0.5, 0.6) is 11.5 Å². The minimum absolute atomic E-state index is 0.0861. The second-order valence-corrected chi connectivity index (χ2v) is 8.01. The van der Waals surface area contributed by atoms with Crippen molar-refractivity contribution >= 4 is 22.0 Å². The molecule has 5 nitrogen and oxygen atoms in total. The molecule has 0 spiro atoms. The van der Waals surface area contributed by atoms with Gasteiger partial charge in [0.15, 0.2) is 11.5 Å². The fourth-order valence-electron chi connectivity index (χ4n) is 2.72. The lowest BCUT2D eigenvalue weighted by Gasteiger charge is -2.12. The Morgan fingerprint density at radius 1 is 0.931 bits per heavy atom. The molecule has 0 N–H and O–H groups in total. The van der Waals surface area contributed by atoms with Gasteiger partial charge in [0.1, 0.15) is 4.90 Å². The third-order valence-corrected chi connectivity index (χ3v) is 5.68. The summed E-state index contributed by atoms with van der Waals surface area (Å²) in [5.74, 6) is 0.483. The fourth-order valence-corrected chi connectivity index (χ4v) is 3.68. The first-order valence-corrected chi connectivity index (χ1v) is 10.7. The van der Waals surface area contributed by atoms with Gasteiger partial charge in [0, 0.05) is 6.21 Å². The Morgan fingerprint density at radius 3 is 2.41 bits per heavy atom. The van der Waals surface area contributed by atoms with Crippen LogP contribution in [-0.2, 0) is 10.1 Å². The Bertz CT molecular complexity index is 1120. The van der Waals surface area contributed by atoms with E-state index in [4.69, 9.17) is 8.92 Å². The largest absolute Gasteiger partial charge is 0.490 e. The van der Waals surface area contributed by atoms with Crippen molar-refractivity contribution in [2.24, 2.45) is 4.99 Å². The molecule has 0 aliphatic heterocycles. The van der Waals surface area contributed by atoms with Crippen LogP contribution >= 0.6 is 0 Å². The molecule has 29 heavy (non-hydrogen) atoms. The highest BCUT2D eigenvalue weighted by Gasteiger charge is 2.19. The maximum atomic E-state index is 12.5. The van der Waals surface area contributed by atoms with Gasteiger partial charge in [-0.2, -0.15) is 8.42 Å². The van der Waals surface area contributed by atoms with Gasteiger partial charge in [0.05, 0.1) is 12.3 Å². The van der Waals surface area contributed by atoms with E-state index in [1.54, 1.807) is 42.6 Å². The Kier molecular flexibility index (Phi) is 6.34. The van der Waals surface area contributed by atoms with E-state index in [0.717, 1.165) is 16.8 Å². The standard InChI is InChI=1S/C23H23NO4S/c1-4-27-23-15-19(16-24-21-12-8-9-17(2)18(21)3)13-14-22(23)28-29(25,26)20-10-6-5-7-11-20/h5-16H,4H2,1-3H3. The molecule has 0 saturated heterocycles. The van der Waals surface area contributed by atoms with E-state index < -0.39 is 10.1 Å². The number of hydrogen-bond donors (Lipinski definition) is 0. The van der Waals surface area contributed by atoms with Crippen molar-refractivity contribution in [1.29, 1.82) is 0 Å². The molecule has 3 rings (SSSR count). The Balaban J connectivity index is 1.89. The average Bonchev–Trinajstić information content (AvgIpc) is 2.71. The van der Waals surface area contributed by atoms with Gasteiger partial charge in [-0.05, 0) is 73.9 Å². The van der Waals surface area contributed by atoms with Crippen LogP contribution < -0.4 is 8.92 Å². The molecule has 6 heteroatoms. The first-order chi connectivity index (χ1) is 13.9. The predicted molar refractivity (Wildman–Crippen MR) is 115 cm³/mol. The lowest BCUT2D eigenvalue weighted by Crippen LogP contribution is -2.10. The summed E-state index contributed by atoms with van der Waals surface area (Å²) in [6.45, 7) is 6.27. The number of rotatable bonds is 7. The van der Waals surface area contributed by atoms with E-state index in [2.05, 4.69) is 4.99 Å². The lowest BCUT2D eigenvalue weighted by atomic mass is 10.1. The smallest absolute Gasteiger partial charge is 0.339 e. The average molecular weight is 410 g/mol. The highest BCUT2D eigenvalue weighted by molar-refractivity contribution is 7.87. The highest BCUT2D eigenvalue weighted by atomic mass is 32.2. The summed E-state index contributed by atoms with van der Waals surface area (Å²) in [6.07, 6.45) is 1.72. The SMILES string of the molecule is CCOc1cc(C=Nc2cccc(C)c2C)ccc1OS(=O)(=O)c1ccccc1. The van der Waals surface area contributed by atoms with Crippen LogP contribution in [-0.4, -0.2) is 21.2 Å². The van der Waals surface area contributed by atoms with Gasteiger partial charge in [-0.1, -0.05) is 30.3 Å². The van der Waals surface area contributed by atoms with Gasteiger partial charge in [-0.3, -0.25) is 4.99 Å². The van der Waals surface area contributed by atoms with Crippen LogP contribution in [0.15, 0.2) is 76.6 Å². The van der Waals surface area contributed by atoms with E-state index in [-0.39, 0.29) is 10.6 Å². The molecule has 0 aromatic heterocycles. The number of ether oxygens (including phenoxy) is 1. The normalized spacial score (nSPS) is 11.6. The van der Waals surface area contributed by atoms with Crippen molar-refractivity contribution < 1.29 is 17.3 Å². The molecule has 0 saturated carbocycles. The van der Waals surface area contributed by atoms with E-state index in [1.807, 2.05) is 39.0 Å². The molecule has 3 aromatic rings.